The Morgan fingerprint density at radius 1 is 1.00 bits per heavy atom. The van der Waals surface area contributed by atoms with Gasteiger partial charge in [-0.1, -0.05) is 12.1 Å². The van der Waals surface area contributed by atoms with Gasteiger partial charge in [-0.25, -0.2) is 8.42 Å². The van der Waals surface area contributed by atoms with E-state index in [-0.39, 0.29) is 5.69 Å². The molecule has 1 amide bonds. The van der Waals surface area contributed by atoms with Crippen LogP contribution in [0.15, 0.2) is 36.4 Å². The second kappa shape index (κ2) is 7.43. The molecule has 0 heterocycles. The van der Waals surface area contributed by atoms with Crippen LogP contribution in [0, 0.1) is 6.92 Å². The molecule has 25 heavy (non-hydrogen) atoms. The van der Waals surface area contributed by atoms with E-state index in [2.05, 4.69) is 10.0 Å². The lowest BCUT2D eigenvalue weighted by Gasteiger charge is -2.14. The van der Waals surface area contributed by atoms with E-state index < -0.39 is 15.9 Å². The number of carbonyl (C=O) groups is 1. The van der Waals surface area contributed by atoms with E-state index in [1.54, 1.807) is 36.4 Å². The normalized spacial score (nSPS) is 10.9. The molecule has 0 aromatic heterocycles. The first-order valence-corrected chi connectivity index (χ1v) is 9.25. The molecule has 0 atom stereocenters. The molecule has 0 aliphatic rings. The molecule has 2 N–H and O–H groups in total. The number of sulfonamides is 1. The lowest BCUT2D eigenvalue weighted by molar-refractivity contribution is 0.102. The summed E-state index contributed by atoms with van der Waals surface area (Å²) in [5, 5.41) is 2.69. The van der Waals surface area contributed by atoms with Crippen LogP contribution in [0.1, 0.15) is 15.9 Å². The molecule has 2 aromatic carbocycles. The highest BCUT2D eigenvalue weighted by atomic mass is 32.2. The predicted octanol–water partition coefficient (Wildman–Crippen LogP) is 2.64. The SMILES string of the molecule is COc1cc(C(=O)Nc2ccccc2NS(C)(=O)=O)cc(OC)c1C. The Labute approximate surface area is 147 Å². The Morgan fingerprint density at radius 3 is 2.00 bits per heavy atom. The van der Waals surface area contributed by atoms with Crippen LogP contribution in [0.5, 0.6) is 11.5 Å². The summed E-state index contributed by atoms with van der Waals surface area (Å²) in [5.41, 5.74) is 1.73. The molecule has 7 nitrogen and oxygen atoms in total. The van der Waals surface area contributed by atoms with Crippen molar-refractivity contribution in [1.29, 1.82) is 0 Å². The molecule has 0 saturated heterocycles. The fourth-order valence-electron chi connectivity index (χ4n) is 2.29. The summed E-state index contributed by atoms with van der Waals surface area (Å²) in [5.74, 6) is 0.624. The number of amides is 1. The van der Waals surface area contributed by atoms with E-state index in [1.807, 2.05) is 6.92 Å². The van der Waals surface area contributed by atoms with Crippen LogP contribution in [0.3, 0.4) is 0 Å². The number of methoxy groups -OCH3 is 2. The second-order valence-corrected chi connectivity index (χ2v) is 7.13. The van der Waals surface area contributed by atoms with Gasteiger partial charge in [0.25, 0.3) is 5.91 Å². The average Bonchev–Trinajstić information content (AvgIpc) is 2.55. The van der Waals surface area contributed by atoms with Gasteiger partial charge >= 0.3 is 0 Å². The largest absolute Gasteiger partial charge is 0.496 e. The number of rotatable bonds is 6. The molecule has 8 heteroatoms. The van der Waals surface area contributed by atoms with Crippen molar-refractivity contribution >= 4 is 27.3 Å². The molecule has 0 aliphatic heterocycles. The van der Waals surface area contributed by atoms with Crippen molar-refractivity contribution < 1.29 is 22.7 Å². The minimum atomic E-state index is -3.47. The zero-order chi connectivity index (χ0) is 18.6. The number of nitrogens with one attached hydrogen (secondary N) is 2. The van der Waals surface area contributed by atoms with E-state index >= 15 is 0 Å². The van der Waals surface area contributed by atoms with Crippen LogP contribution in [0.4, 0.5) is 11.4 Å². The lowest BCUT2D eigenvalue weighted by atomic mass is 10.1. The number of hydrogen-bond donors (Lipinski definition) is 2. The van der Waals surface area contributed by atoms with Gasteiger partial charge in [0.1, 0.15) is 11.5 Å². The second-order valence-electron chi connectivity index (χ2n) is 5.38. The summed E-state index contributed by atoms with van der Waals surface area (Å²) in [6, 6.07) is 9.72. The summed E-state index contributed by atoms with van der Waals surface area (Å²) in [4.78, 5) is 12.6. The molecule has 0 spiro atoms. The molecule has 134 valence electrons. The van der Waals surface area contributed by atoms with Gasteiger partial charge in [-0.2, -0.15) is 0 Å². The first-order valence-electron chi connectivity index (χ1n) is 7.36. The number of hydrogen-bond acceptors (Lipinski definition) is 5. The highest BCUT2D eigenvalue weighted by Crippen LogP contribution is 2.30. The summed E-state index contributed by atoms with van der Waals surface area (Å²) in [7, 11) is -0.451. The first kappa shape index (κ1) is 18.6. The summed E-state index contributed by atoms with van der Waals surface area (Å²) in [6.45, 7) is 1.82. The third-order valence-corrected chi connectivity index (χ3v) is 4.08. The van der Waals surface area contributed by atoms with E-state index in [4.69, 9.17) is 9.47 Å². The Kier molecular flexibility index (Phi) is 5.53. The lowest BCUT2D eigenvalue weighted by Crippen LogP contribution is -2.16. The summed E-state index contributed by atoms with van der Waals surface area (Å²) >= 11 is 0. The van der Waals surface area contributed by atoms with Crippen molar-refractivity contribution in [1.82, 2.24) is 0 Å². The van der Waals surface area contributed by atoms with Crippen molar-refractivity contribution in [3.63, 3.8) is 0 Å². The summed E-state index contributed by atoms with van der Waals surface area (Å²) in [6.07, 6.45) is 1.04. The highest BCUT2D eigenvalue weighted by Gasteiger charge is 2.15. The quantitative estimate of drug-likeness (QED) is 0.822. The Balaban J connectivity index is 2.35. The Morgan fingerprint density at radius 2 is 1.52 bits per heavy atom. The fraction of sp³-hybridized carbons (Fsp3) is 0.235. The molecule has 2 rings (SSSR count). The maximum Gasteiger partial charge on any atom is 0.255 e. The Bertz CT molecular complexity index is 869. The topological polar surface area (TPSA) is 93.7 Å². The van der Waals surface area contributed by atoms with Crippen LogP contribution in [-0.4, -0.2) is 34.8 Å². The number of para-hydroxylation sites is 2. The van der Waals surface area contributed by atoms with Crippen molar-refractivity contribution in [2.75, 3.05) is 30.5 Å². The van der Waals surface area contributed by atoms with Crippen LogP contribution in [0.2, 0.25) is 0 Å². The van der Waals surface area contributed by atoms with Gasteiger partial charge in [-0.3, -0.25) is 9.52 Å². The van der Waals surface area contributed by atoms with Gasteiger partial charge in [0.05, 0.1) is 31.9 Å². The van der Waals surface area contributed by atoms with Crippen LogP contribution >= 0.6 is 0 Å². The summed E-state index contributed by atoms with van der Waals surface area (Å²) < 4.78 is 35.8. The Hall–Kier alpha value is -2.74. The number of benzene rings is 2. The zero-order valence-electron chi connectivity index (χ0n) is 14.4. The van der Waals surface area contributed by atoms with Gasteiger partial charge < -0.3 is 14.8 Å². The zero-order valence-corrected chi connectivity index (χ0v) is 15.2. The molecule has 0 saturated carbocycles. The highest BCUT2D eigenvalue weighted by molar-refractivity contribution is 7.92. The maximum atomic E-state index is 12.6. The standard InChI is InChI=1S/C17H20N2O5S/c1-11-15(23-2)9-12(10-16(11)24-3)17(20)18-13-7-5-6-8-14(13)19-25(4,21)22/h5-10,19H,1-4H3,(H,18,20). The predicted molar refractivity (Wildman–Crippen MR) is 97.1 cm³/mol. The van der Waals surface area contributed by atoms with E-state index in [9.17, 15) is 13.2 Å². The molecule has 0 radical (unpaired) electrons. The van der Waals surface area contributed by atoms with Crippen LogP contribution < -0.4 is 19.5 Å². The molecule has 0 unspecified atom stereocenters. The van der Waals surface area contributed by atoms with E-state index in [0.717, 1.165) is 11.8 Å². The van der Waals surface area contributed by atoms with Gasteiger partial charge in [-0.05, 0) is 31.2 Å². The van der Waals surface area contributed by atoms with Gasteiger partial charge in [0, 0.05) is 11.1 Å². The first-order chi connectivity index (χ1) is 11.7. The van der Waals surface area contributed by atoms with Gasteiger partial charge in [0.2, 0.25) is 10.0 Å². The number of anilines is 2. The van der Waals surface area contributed by atoms with Crippen molar-refractivity contribution in [2.24, 2.45) is 0 Å². The molecular weight excluding hydrogens is 344 g/mol. The van der Waals surface area contributed by atoms with E-state index in [1.165, 1.54) is 14.2 Å². The van der Waals surface area contributed by atoms with Gasteiger partial charge in [-0.15, -0.1) is 0 Å². The average molecular weight is 364 g/mol. The third-order valence-electron chi connectivity index (χ3n) is 3.49. The van der Waals surface area contributed by atoms with Crippen LogP contribution in [0.25, 0.3) is 0 Å². The van der Waals surface area contributed by atoms with Gasteiger partial charge in [0.15, 0.2) is 0 Å². The molecule has 0 fully saturated rings. The number of carbonyl (C=O) groups excluding carboxylic acids is 1. The smallest absolute Gasteiger partial charge is 0.255 e. The number of ether oxygens (including phenoxy) is 2. The third kappa shape index (κ3) is 4.63. The van der Waals surface area contributed by atoms with Crippen LogP contribution in [-0.2, 0) is 10.0 Å². The monoisotopic (exact) mass is 364 g/mol. The van der Waals surface area contributed by atoms with E-state index in [0.29, 0.717) is 22.7 Å². The fourth-order valence-corrected chi connectivity index (χ4v) is 2.87. The minimum Gasteiger partial charge on any atom is -0.496 e. The minimum absolute atomic E-state index is 0.282. The maximum absolute atomic E-state index is 12.6. The molecule has 0 bridgehead atoms. The van der Waals surface area contributed by atoms with Crippen molar-refractivity contribution in [3.8, 4) is 11.5 Å². The van der Waals surface area contributed by atoms with Crippen molar-refractivity contribution in [3.05, 3.63) is 47.5 Å². The molecule has 2 aromatic rings. The van der Waals surface area contributed by atoms with Crippen molar-refractivity contribution in [2.45, 2.75) is 6.92 Å². The molecular formula is C17H20N2O5S. The molecule has 0 aliphatic carbocycles.